The maximum atomic E-state index is 14.7. The van der Waals surface area contributed by atoms with Crippen LogP contribution in [0.2, 0.25) is 0 Å². The van der Waals surface area contributed by atoms with E-state index < -0.39 is 31.1 Å². The van der Waals surface area contributed by atoms with Gasteiger partial charge in [-0.3, -0.25) is 14.3 Å². The van der Waals surface area contributed by atoms with Gasteiger partial charge >= 0.3 is 5.92 Å². The van der Waals surface area contributed by atoms with Crippen molar-refractivity contribution < 1.29 is 28.2 Å². The molecule has 0 bridgehead atoms. The van der Waals surface area contributed by atoms with Gasteiger partial charge in [0.25, 0.3) is 0 Å². The maximum absolute atomic E-state index is 14.7. The molecule has 1 aliphatic carbocycles. The molecule has 5 rings (SSSR count). The molecule has 3 atom stereocenters. The number of amides is 2. The lowest BCUT2D eigenvalue weighted by molar-refractivity contribution is -0.161. The first-order valence-electron chi connectivity index (χ1n) is 12.4. The van der Waals surface area contributed by atoms with Crippen LogP contribution in [0.5, 0.6) is 5.75 Å². The quantitative estimate of drug-likeness (QED) is 0.474. The van der Waals surface area contributed by atoms with Crippen LogP contribution in [0, 0.1) is 17.2 Å². The number of nitrogens with zero attached hydrogens (tertiary/aromatic N) is 5. The van der Waals surface area contributed by atoms with Gasteiger partial charge in [0.15, 0.2) is 6.10 Å². The van der Waals surface area contributed by atoms with Crippen molar-refractivity contribution in [1.82, 2.24) is 19.7 Å². The van der Waals surface area contributed by atoms with Crippen LogP contribution in [-0.4, -0.2) is 68.3 Å². The fraction of sp³-hybridized carbons (Fsp3) is 0.370. The molecule has 2 N–H and O–H groups in total. The number of aryl methyl sites for hydroxylation is 1. The Morgan fingerprint density at radius 1 is 1.26 bits per heavy atom. The van der Waals surface area contributed by atoms with Crippen LogP contribution < -0.4 is 10.1 Å². The average Bonchev–Trinajstić information content (AvgIpc) is 3.62. The van der Waals surface area contributed by atoms with Crippen molar-refractivity contribution >= 4 is 17.6 Å². The standard InChI is InChI=1S/C27H26F2N6O4/c1-34-8-5-21(33-34)19-12-20(19)26(38)32-24-11-17(4-7-31-24)16-2-3-22(18(10-16)13-30)39-23-6-9-35(25(37)14-36)15-27(23,28)29/h2-5,7-8,10-11,19-20,23,36H,6,9,12,14-15H2,1H3,(H,31,32,38)/t19-,20-,23-/m0/s1. The number of nitriles is 1. The number of aliphatic hydroxyl groups excluding tert-OH is 1. The molecule has 1 aliphatic heterocycles. The number of aromatic nitrogens is 3. The van der Waals surface area contributed by atoms with Crippen molar-refractivity contribution in [3.05, 3.63) is 60.0 Å². The molecule has 2 amide bonds. The third-order valence-electron chi connectivity index (χ3n) is 6.98. The van der Waals surface area contributed by atoms with E-state index in [2.05, 4.69) is 15.4 Å². The summed E-state index contributed by atoms with van der Waals surface area (Å²) in [4.78, 5) is 29.5. The maximum Gasteiger partial charge on any atom is 0.301 e. The SMILES string of the molecule is Cn1ccc([C@H]2C[C@@H]2C(=O)Nc2cc(-c3ccc(O[C@H]4CCN(C(=O)CO)CC4(F)F)c(C#N)c3)ccn2)n1. The first-order chi connectivity index (χ1) is 18.7. The van der Waals surface area contributed by atoms with E-state index in [4.69, 9.17) is 9.84 Å². The fourth-order valence-electron chi connectivity index (χ4n) is 4.77. The third kappa shape index (κ3) is 5.58. The number of pyridine rings is 1. The lowest BCUT2D eigenvalue weighted by atomic mass is 10.0. The molecule has 12 heteroatoms. The van der Waals surface area contributed by atoms with Gasteiger partial charge in [0.2, 0.25) is 11.8 Å². The van der Waals surface area contributed by atoms with Crippen molar-refractivity contribution in [2.24, 2.45) is 13.0 Å². The lowest BCUT2D eigenvalue weighted by Gasteiger charge is -2.38. The Kier molecular flexibility index (Phi) is 7.01. The summed E-state index contributed by atoms with van der Waals surface area (Å²) in [5.41, 5.74) is 2.23. The van der Waals surface area contributed by atoms with Crippen molar-refractivity contribution in [2.45, 2.75) is 30.8 Å². The summed E-state index contributed by atoms with van der Waals surface area (Å²) >= 11 is 0. The minimum Gasteiger partial charge on any atom is -0.483 e. The monoisotopic (exact) mass is 536 g/mol. The second-order valence-electron chi connectivity index (χ2n) is 9.73. The Labute approximate surface area is 222 Å². The third-order valence-corrected chi connectivity index (χ3v) is 6.98. The number of rotatable bonds is 7. The summed E-state index contributed by atoms with van der Waals surface area (Å²) in [7, 11) is 1.83. The van der Waals surface area contributed by atoms with Crippen LogP contribution in [0.25, 0.3) is 11.1 Å². The van der Waals surface area contributed by atoms with Crippen LogP contribution in [0.3, 0.4) is 0 Å². The summed E-state index contributed by atoms with van der Waals surface area (Å²) in [5.74, 6) is -4.02. The number of carbonyl (C=O) groups is 2. The number of anilines is 1. The van der Waals surface area contributed by atoms with Crippen molar-refractivity contribution in [1.29, 1.82) is 5.26 Å². The van der Waals surface area contributed by atoms with E-state index in [1.54, 1.807) is 22.9 Å². The topological polar surface area (TPSA) is 133 Å². The Morgan fingerprint density at radius 3 is 2.74 bits per heavy atom. The van der Waals surface area contributed by atoms with Crippen LogP contribution in [0.1, 0.15) is 30.0 Å². The summed E-state index contributed by atoms with van der Waals surface area (Å²) in [5, 5.41) is 25.8. The second-order valence-corrected chi connectivity index (χ2v) is 9.73. The molecule has 39 heavy (non-hydrogen) atoms. The molecule has 10 nitrogen and oxygen atoms in total. The van der Waals surface area contributed by atoms with E-state index >= 15 is 0 Å². The molecular formula is C27H26F2N6O4. The number of ether oxygens (including phenoxy) is 1. The molecule has 202 valence electrons. The van der Waals surface area contributed by atoms with Crippen LogP contribution >= 0.6 is 0 Å². The van der Waals surface area contributed by atoms with E-state index in [1.165, 1.54) is 18.3 Å². The van der Waals surface area contributed by atoms with Gasteiger partial charge < -0.3 is 20.1 Å². The minimum absolute atomic E-state index is 0.00439. The van der Waals surface area contributed by atoms with Gasteiger partial charge in [0.05, 0.1) is 17.8 Å². The molecule has 0 radical (unpaired) electrons. The molecule has 0 spiro atoms. The molecule has 2 fully saturated rings. The minimum atomic E-state index is -3.36. The molecule has 2 aliphatic rings. The van der Waals surface area contributed by atoms with Crippen molar-refractivity contribution in [2.75, 3.05) is 25.0 Å². The predicted molar refractivity (Wildman–Crippen MR) is 135 cm³/mol. The highest BCUT2D eigenvalue weighted by Gasteiger charge is 2.48. The molecule has 3 aromatic rings. The van der Waals surface area contributed by atoms with Crippen LogP contribution in [0.4, 0.5) is 14.6 Å². The van der Waals surface area contributed by atoms with Gasteiger partial charge in [-0.15, -0.1) is 0 Å². The zero-order chi connectivity index (χ0) is 27.7. The zero-order valence-corrected chi connectivity index (χ0v) is 21.1. The first-order valence-corrected chi connectivity index (χ1v) is 12.4. The number of hydrogen-bond acceptors (Lipinski definition) is 7. The highest BCUT2D eigenvalue weighted by Crippen LogP contribution is 2.47. The Hall–Kier alpha value is -4.37. The van der Waals surface area contributed by atoms with Crippen LogP contribution in [-0.2, 0) is 16.6 Å². The van der Waals surface area contributed by atoms with Gasteiger partial charge in [-0.05, 0) is 47.9 Å². The summed E-state index contributed by atoms with van der Waals surface area (Å²) in [6.45, 7) is -1.70. The highest BCUT2D eigenvalue weighted by molar-refractivity contribution is 5.94. The molecule has 2 aromatic heterocycles. The normalized spacial score (nSPS) is 21.6. The fourth-order valence-corrected chi connectivity index (χ4v) is 4.77. The number of aliphatic hydroxyl groups is 1. The highest BCUT2D eigenvalue weighted by atomic mass is 19.3. The van der Waals surface area contributed by atoms with E-state index in [1.807, 2.05) is 25.4 Å². The average molecular weight is 537 g/mol. The van der Waals surface area contributed by atoms with Gasteiger partial charge in [0.1, 0.15) is 24.2 Å². The number of alkyl halides is 2. The Balaban J connectivity index is 1.27. The number of piperidine rings is 1. The summed E-state index contributed by atoms with van der Waals surface area (Å²) in [6.07, 6.45) is 2.41. The number of halogens is 2. The second kappa shape index (κ2) is 10.4. The number of nitrogens with one attached hydrogen (secondary N) is 1. The molecule has 1 saturated heterocycles. The van der Waals surface area contributed by atoms with Crippen molar-refractivity contribution in [3.8, 4) is 22.9 Å². The Bertz CT molecular complexity index is 1450. The Morgan fingerprint density at radius 2 is 2.05 bits per heavy atom. The predicted octanol–water partition coefficient (Wildman–Crippen LogP) is 2.70. The first kappa shape index (κ1) is 26.2. The van der Waals surface area contributed by atoms with E-state index in [9.17, 15) is 23.6 Å². The number of carbonyl (C=O) groups excluding carboxylic acids is 2. The van der Waals surface area contributed by atoms with E-state index in [0.717, 1.165) is 10.6 Å². The number of benzene rings is 1. The summed E-state index contributed by atoms with van der Waals surface area (Å²) in [6, 6.07) is 11.9. The van der Waals surface area contributed by atoms with Gasteiger partial charge in [-0.1, -0.05) is 6.07 Å². The lowest BCUT2D eigenvalue weighted by Crippen LogP contribution is -2.55. The van der Waals surface area contributed by atoms with Gasteiger partial charge in [0, 0.05) is 44.2 Å². The van der Waals surface area contributed by atoms with Gasteiger partial charge in [-0.25, -0.2) is 13.8 Å². The van der Waals surface area contributed by atoms with Crippen molar-refractivity contribution in [3.63, 3.8) is 0 Å². The molecule has 0 unspecified atom stereocenters. The number of likely N-dealkylation sites (tertiary alicyclic amines) is 1. The smallest absolute Gasteiger partial charge is 0.301 e. The largest absolute Gasteiger partial charge is 0.483 e. The number of hydrogen-bond donors (Lipinski definition) is 2. The summed E-state index contributed by atoms with van der Waals surface area (Å²) < 4.78 is 36.6. The zero-order valence-electron chi connectivity index (χ0n) is 21.1. The van der Waals surface area contributed by atoms with Crippen LogP contribution in [0.15, 0.2) is 48.8 Å². The molecule has 1 saturated carbocycles. The van der Waals surface area contributed by atoms with Gasteiger partial charge in [-0.2, -0.15) is 10.4 Å². The molecule has 1 aromatic carbocycles. The van der Waals surface area contributed by atoms with E-state index in [-0.39, 0.29) is 42.0 Å². The molecule has 3 heterocycles. The molecular weight excluding hydrogens is 510 g/mol. The van der Waals surface area contributed by atoms with E-state index in [0.29, 0.717) is 23.4 Å².